The Morgan fingerprint density at radius 2 is 2.20 bits per heavy atom. The lowest BCUT2D eigenvalue weighted by molar-refractivity contribution is -0.0233. The third-order valence-corrected chi connectivity index (χ3v) is 4.65. The van der Waals surface area contributed by atoms with Crippen LogP contribution in [-0.2, 0) is 16.9 Å². The van der Waals surface area contributed by atoms with E-state index in [9.17, 15) is 5.11 Å². The number of halogens is 1. The quantitative estimate of drug-likeness (QED) is 0.876. The Kier molecular flexibility index (Phi) is 5.47. The zero-order chi connectivity index (χ0) is 14.6. The van der Waals surface area contributed by atoms with Crippen molar-refractivity contribution in [2.75, 3.05) is 13.7 Å². The maximum Gasteiger partial charge on any atom is 0.108 e. The third-order valence-electron chi connectivity index (χ3n) is 4.37. The van der Waals surface area contributed by atoms with E-state index >= 15 is 0 Å². The Morgan fingerprint density at radius 3 is 2.80 bits per heavy atom. The molecular formula is C15H25ClN2O2. The van der Waals surface area contributed by atoms with E-state index in [4.69, 9.17) is 16.3 Å². The van der Waals surface area contributed by atoms with Crippen molar-refractivity contribution in [3.63, 3.8) is 0 Å². The molecule has 0 radical (unpaired) electrons. The molecule has 0 amide bonds. The number of hydrogen-bond donors (Lipinski definition) is 1. The molecular weight excluding hydrogens is 276 g/mol. The fraction of sp³-hybridized carbons (Fsp3) is 0.800. The van der Waals surface area contributed by atoms with Crippen LogP contribution in [-0.4, -0.2) is 28.6 Å². The molecule has 1 heterocycles. The molecule has 0 atom stereocenters. The minimum absolute atomic E-state index is 0.567. The van der Waals surface area contributed by atoms with Crippen molar-refractivity contribution < 1.29 is 9.84 Å². The highest BCUT2D eigenvalue weighted by molar-refractivity contribution is 6.31. The largest absolute Gasteiger partial charge is 0.384 e. The summed E-state index contributed by atoms with van der Waals surface area (Å²) in [5.41, 5.74) is -0.0582. The first-order valence-corrected chi connectivity index (χ1v) is 7.91. The van der Waals surface area contributed by atoms with Crippen molar-refractivity contribution in [1.82, 2.24) is 9.78 Å². The van der Waals surface area contributed by atoms with Gasteiger partial charge in [-0.3, -0.25) is 4.68 Å². The van der Waals surface area contributed by atoms with Gasteiger partial charge in [-0.05, 0) is 31.6 Å². The van der Waals surface area contributed by atoms with Crippen LogP contribution in [0.25, 0.3) is 0 Å². The predicted octanol–water partition coefficient (Wildman–Crippen LogP) is 3.36. The number of aromatic nitrogens is 2. The molecule has 1 aromatic heterocycles. The van der Waals surface area contributed by atoms with Crippen LogP contribution < -0.4 is 0 Å². The van der Waals surface area contributed by atoms with Crippen molar-refractivity contribution >= 4 is 11.6 Å². The topological polar surface area (TPSA) is 47.3 Å². The van der Waals surface area contributed by atoms with Gasteiger partial charge in [0.25, 0.3) is 0 Å². The van der Waals surface area contributed by atoms with Gasteiger partial charge in [-0.1, -0.05) is 31.4 Å². The van der Waals surface area contributed by atoms with Crippen LogP contribution >= 0.6 is 11.6 Å². The molecule has 0 unspecified atom stereocenters. The van der Waals surface area contributed by atoms with Crippen LogP contribution in [0.1, 0.15) is 51.1 Å². The van der Waals surface area contributed by atoms with Crippen molar-refractivity contribution in [3.8, 4) is 0 Å². The molecule has 0 aliphatic heterocycles. The summed E-state index contributed by atoms with van der Waals surface area (Å²) in [6, 6.07) is 0. The first kappa shape index (κ1) is 15.8. The summed E-state index contributed by atoms with van der Waals surface area (Å²) in [4.78, 5) is 0. The highest BCUT2D eigenvalue weighted by Crippen LogP contribution is 2.43. The summed E-state index contributed by atoms with van der Waals surface area (Å²) < 4.78 is 6.89. The minimum Gasteiger partial charge on any atom is -0.384 e. The van der Waals surface area contributed by atoms with Crippen molar-refractivity contribution in [3.05, 3.63) is 16.9 Å². The molecule has 1 N–H and O–H groups in total. The summed E-state index contributed by atoms with van der Waals surface area (Å²) >= 11 is 6.26. The first-order valence-electron chi connectivity index (χ1n) is 7.54. The highest BCUT2D eigenvalue weighted by atomic mass is 35.5. The highest BCUT2D eigenvalue weighted by Gasteiger charge is 2.38. The van der Waals surface area contributed by atoms with Crippen LogP contribution in [0.15, 0.2) is 6.20 Å². The molecule has 2 rings (SSSR count). The lowest BCUT2D eigenvalue weighted by Gasteiger charge is -2.36. The molecule has 1 saturated carbocycles. The molecule has 1 aliphatic carbocycles. The zero-order valence-electron chi connectivity index (χ0n) is 12.4. The second-order valence-corrected chi connectivity index (χ2v) is 6.23. The molecule has 0 bridgehead atoms. The molecule has 4 nitrogen and oxygen atoms in total. The van der Waals surface area contributed by atoms with E-state index in [1.807, 2.05) is 0 Å². The molecule has 114 valence electrons. The molecule has 0 spiro atoms. The van der Waals surface area contributed by atoms with Crippen LogP contribution in [0, 0.1) is 5.92 Å². The van der Waals surface area contributed by atoms with E-state index in [0.29, 0.717) is 18.2 Å². The van der Waals surface area contributed by atoms with E-state index in [1.165, 1.54) is 12.8 Å². The fourth-order valence-electron chi connectivity index (χ4n) is 3.26. The summed E-state index contributed by atoms with van der Waals surface area (Å²) in [7, 11) is 1.66. The number of ether oxygens (including phenoxy) is 1. The third kappa shape index (κ3) is 3.35. The SMILES string of the molecule is CCCC1CCC(O)(c2c(Cl)cnn2CCOC)CC1. The van der Waals surface area contributed by atoms with Gasteiger partial charge in [0.05, 0.1) is 30.1 Å². The fourth-order valence-corrected chi connectivity index (χ4v) is 3.58. The lowest BCUT2D eigenvalue weighted by Crippen LogP contribution is -2.34. The van der Waals surface area contributed by atoms with Crippen LogP contribution in [0.3, 0.4) is 0 Å². The van der Waals surface area contributed by atoms with E-state index in [0.717, 1.165) is 37.3 Å². The maximum absolute atomic E-state index is 11.0. The number of methoxy groups -OCH3 is 1. The summed E-state index contributed by atoms with van der Waals surface area (Å²) in [5, 5.41) is 15.8. The molecule has 1 aromatic rings. The first-order chi connectivity index (χ1) is 9.60. The van der Waals surface area contributed by atoms with E-state index in [2.05, 4.69) is 12.0 Å². The monoisotopic (exact) mass is 300 g/mol. The second kappa shape index (κ2) is 6.92. The molecule has 5 heteroatoms. The van der Waals surface area contributed by atoms with Gasteiger partial charge in [0.15, 0.2) is 0 Å². The van der Waals surface area contributed by atoms with Gasteiger partial charge in [-0.2, -0.15) is 5.10 Å². The van der Waals surface area contributed by atoms with E-state index < -0.39 is 5.60 Å². The van der Waals surface area contributed by atoms with E-state index in [1.54, 1.807) is 18.0 Å². The molecule has 0 saturated heterocycles. The van der Waals surface area contributed by atoms with Gasteiger partial charge in [0, 0.05) is 7.11 Å². The Hall–Kier alpha value is -0.580. The van der Waals surface area contributed by atoms with Gasteiger partial charge < -0.3 is 9.84 Å². The van der Waals surface area contributed by atoms with E-state index in [-0.39, 0.29) is 0 Å². The van der Waals surface area contributed by atoms with Gasteiger partial charge >= 0.3 is 0 Å². The molecule has 1 fully saturated rings. The standard InChI is InChI=1S/C15H25ClN2O2/c1-3-4-12-5-7-15(19,8-6-12)14-13(16)11-17-18(14)9-10-20-2/h11-12,19H,3-10H2,1-2H3. The Bertz CT molecular complexity index is 426. The summed E-state index contributed by atoms with van der Waals surface area (Å²) in [6.45, 7) is 3.41. The smallest absolute Gasteiger partial charge is 0.108 e. The number of hydrogen-bond acceptors (Lipinski definition) is 3. The van der Waals surface area contributed by atoms with Gasteiger partial charge in [-0.15, -0.1) is 0 Å². The van der Waals surface area contributed by atoms with Crippen molar-refractivity contribution in [1.29, 1.82) is 0 Å². The van der Waals surface area contributed by atoms with Crippen molar-refractivity contribution in [2.24, 2.45) is 5.92 Å². The van der Waals surface area contributed by atoms with Gasteiger partial charge in [0.2, 0.25) is 0 Å². The molecule has 0 aromatic carbocycles. The number of rotatable bonds is 6. The van der Waals surface area contributed by atoms with Crippen molar-refractivity contribution in [2.45, 2.75) is 57.6 Å². The summed E-state index contributed by atoms with van der Waals surface area (Å²) in [5.74, 6) is 0.745. The number of aliphatic hydroxyl groups is 1. The van der Waals surface area contributed by atoms with Crippen LogP contribution in [0.2, 0.25) is 5.02 Å². The van der Waals surface area contributed by atoms with Crippen LogP contribution in [0.4, 0.5) is 0 Å². The van der Waals surface area contributed by atoms with Gasteiger partial charge in [0.1, 0.15) is 5.60 Å². The normalized spacial score (nSPS) is 26.9. The number of nitrogens with zero attached hydrogens (tertiary/aromatic N) is 2. The maximum atomic E-state index is 11.0. The minimum atomic E-state index is -0.828. The average Bonchev–Trinajstić information content (AvgIpc) is 2.81. The summed E-state index contributed by atoms with van der Waals surface area (Å²) in [6.07, 6.45) is 7.78. The van der Waals surface area contributed by atoms with Gasteiger partial charge in [-0.25, -0.2) is 0 Å². The second-order valence-electron chi connectivity index (χ2n) is 5.82. The lowest BCUT2D eigenvalue weighted by atomic mass is 9.75. The molecule has 1 aliphatic rings. The molecule has 20 heavy (non-hydrogen) atoms. The predicted molar refractivity (Wildman–Crippen MR) is 79.9 cm³/mol. The Balaban J connectivity index is 2.12. The zero-order valence-corrected chi connectivity index (χ0v) is 13.2. The van der Waals surface area contributed by atoms with Crippen LogP contribution in [0.5, 0.6) is 0 Å². The Morgan fingerprint density at radius 1 is 1.50 bits per heavy atom. The average molecular weight is 301 g/mol. The Labute approximate surface area is 126 Å².